The van der Waals surface area contributed by atoms with Crippen LogP contribution in [0.15, 0.2) is 34.1 Å². The van der Waals surface area contributed by atoms with Crippen LogP contribution in [0, 0.1) is 12.8 Å². The van der Waals surface area contributed by atoms with Gasteiger partial charge >= 0.3 is 0 Å². The number of likely N-dealkylation sites (tertiary alicyclic amines) is 1. The van der Waals surface area contributed by atoms with E-state index >= 15 is 0 Å². The van der Waals surface area contributed by atoms with E-state index in [1.807, 2.05) is 36.6 Å². The van der Waals surface area contributed by atoms with Gasteiger partial charge in [0.05, 0.1) is 12.0 Å². The Morgan fingerprint density at radius 3 is 2.91 bits per heavy atom. The van der Waals surface area contributed by atoms with Crippen LogP contribution in [0.25, 0.3) is 0 Å². The van der Waals surface area contributed by atoms with Gasteiger partial charge in [-0.1, -0.05) is 6.07 Å². The number of thiophene rings is 1. The fraction of sp³-hybridized carbons (Fsp3) is 0.412. The maximum atomic E-state index is 12.5. The monoisotopic (exact) mass is 332 g/mol. The van der Waals surface area contributed by atoms with Crippen LogP contribution in [0.4, 0.5) is 0 Å². The molecule has 6 heteroatoms. The van der Waals surface area contributed by atoms with E-state index in [1.54, 1.807) is 23.3 Å². The van der Waals surface area contributed by atoms with Crippen LogP contribution in [0.2, 0.25) is 0 Å². The summed E-state index contributed by atoms with van der Waals surface area (Å²) in [4.78, 5) is 27.3. The number of carbonyl (C=O) groups excluding carboxylic acids is 2. The molecule has 1 aliphatic rings. The molecule has 0 spiro atoms. The summed E-state index contributed by atoms with van der Waals surface area (Å²) in [7, 11) is 1.77. The van der Waals surface area contributed by atoms with Gasteiger partial charge in [-0.2, -0.15) is 0 Å². The summed E-state index contributed by atoms with van der Waals surface area (Å²) in [6.45, 7) is 2.41. The average molecular weight is 332 g/mol. The number of rotatable bonds is 5. The van der Waals surface area contributed by atoms with Crippen LogP contribution in [0.3, 0.4) is 0 Å². The Morgan fingerprint density at radius 1 is 1.43 bits per heavy atom. The van der Waals surface area contributed by atoms with E-state index < -0.39 is 0 Å². The predicted octanol–water partition coefficient (Wildman–Crippen LogP) is 2.53. The number of furan rings is 1. The van der Waals surface area contributed by atoms with E-state index in [0.29, 0.717) is 13.0 Å². The van der Waals surface area contributed by atoms with E-state index in [0.717, 1.165) is 16.4 Å². The Kier molecular flexibility index (Phi) is 4.52. The molecule has 1 aliphatic heterocycles. The third-order valence-electron chi connectivity index (χ3n) is 4.22. The van der Waals surface area contributed by atoms with Crippen molar-refractivity contribution >= 4 is 23.2 Å². The zero-order valence-electron chi connectivity index (χ0n) is 13.2. The van der Waals surface area contributed by atoms with Crippen LogP contribution in [0.5, 0.6) is 0 Å². The van der Waals surface area contributed by atoms with Crippen molar-refractivity contribution in [3.8, 4) is 0 Å². The molecule has 23 heavy (non-hydrogen) atoms. The molecule has 0 bridgehead atoms. The maximum Gasteiger partial charge on any atom is 0.226 e. The first-order chi connectivity index (χ1) is 11.1. The third kappa shape index (κ3) is 3.32. The number of nitrogens with zero attached hydrogens (tertiary/aromatic N) is 1. The van der Waals surface area contributed by atoms with Gasteiger partial charge < -0.3 is 14.6 Å². The lowest BCUT2D eigenvalue weighted by Crippen LogP contribution is -2.35. The minimum atomic E-state index is -0.329. The number of hydrogen-bond donors (Lipinski definition) is 1. The van der Waals surface area contributed by atoms with Crippen molar-refractivity contribution in [1.82, 2.24) is 10.2 Å². The quantitative estimate of drug-likeness (QED) is 0.915. The summed E-state index contributed by atoms with van der Waals surface area (Å²) in [5, 5.41) is 4.91. The summed E-state index contributed by atoms with van der Waals surface area (Å²) >= 11 is 1.58. The molecule has 0 radical (unpaired) electrons. The second kappa shape index (κ2) is 6.58. The molecule has 5 nitrogen and oxygen atoms in total. The summed E-state index contributed by atoms with van der Waals surface area (Å²) in [6, 6.07) is 7.60. The fourth-order valence-electron chi connectivity index (χ4n) is 3.01. The van der Waals surface area contributed by atoms with Crippen LogP contribution >= 0.6 is 11.3 Å². The number of carbonyl (C=O) groups is 2. The van der Waals surface area contributed by atoms with Crippen LogP contribution in [-0.2, 0) is 16.0 Å². The van der Waals surface area contributed by atoms with Crippen molar-refractivity contribution in [2.24, 2.45) is 5.92 Å². The number of nitrogens with one attached hydrogen (secondary N) is 1. The normalized spacial score (nSPS) is 21.0. The minimum Gasteiger partial charge on any atom is -0.466 e. The third-order valence-corrected chi connectivity index (χ3v) is 5.17. The van der Waals surface area contributed by atoms with Gasteiger partial charge in [-0.15, -0.1) is 11.3 Å². The number of hydrogen-bond acceptors (Lipinski definition) is 4. The van der Waals surface area contributed by atoms with Crippen molar-refractivity contribution in [3.05, 3.63) is 46.0 Å². The molecular formula is C17H20N2O3S. The van der Waals surface area contributed by atoms with Crippen molar-refractivity contribution in [2.45, 2.75) is 25.8 Å². The van der Waals surface area contributed by atoms with E-state index in [9.17, 15) is 9.59 Å². The van der Waals surface area contributed by atoms with Crippen molar-refractivity contribution in [1.29, 1.82) is 0 Å². The molecule has 2 aromatic heterocycles. The molecule has 1 saturated heterocycles. The largest absolute Gasteiger partial charge is 0.466 e. The smallest absolute Gasteiger partial charge is 0.226 e. The van der Waals surface area contributed by atoms with Gasteiger partial charge in [-0.05, 0) is 30.5 Å². The maximum absolute atomic E-state index is 12.5. The zero-order chi connectivity index (χ0) is 16.4. The molecule has 0 saturated carbocycles. The first-order valence-corrected chi connectivity index (χ1v) is 8.56. The van der Waals surface area contributed by atoms with Gasteiger partial charge in [0.2, 0.25) is 11.8 Å². The summed E-state index contributed by atoms with van der Waals surface area (Å²) in [5.41, 5.74) is 0. The lowest BCUT2D eigenvalue weighted by atomic mass is 9.98. The van der Waals surface area contributed by atoms with E-state index in [-0.39, 0.29) is 30.2 Å². The second-order valence-electron chi connectivity index (χ2n) is 5.83. The van der Waals surface area contributed by atoms with E-state index in [2.05, 4.69) is 5.32 Å². The van der Waals surface area contributed by atoms with Gasteiger partial charge in [-0.25, -0.2) is 0 Å². The molecule has 1 N–H and O–H groups in total. The topological polar surface area (TPSA) is 62.6 Å². The highest BCUT2D eigenvalue weighted by atomic mass is 32.1. The first kappa shape index (κ1) is 15.8. The lowest BCUT2D eigenvalue weighted by Gasteiger charge is -2.23. The Labute approximate surface area is 139 Å². The molecule has 1 fully saturated rings. The van der Waals surface area contributed by atoms with Gasteiger partial charge in [0.1, 0.15) is 11.5 Å². The van der Waals surface area contributed by atoms with Gasteiger partial charge in [0, 0.05) is 31.3 Å². The number of amides is 2. The second-order valence-corrected chi connectivity index (χ2v) is 6.81. The van der Waals surface area contributed by atoms with Gasteiger partial charge in [0.25, 0.3) is 0 Å². The molecule has 2 amide bonds. The molecule has 2 aromatic rings. The van der Waals surface area contributed by atoms with Crippen molar-refractivity contribution < 1.29 is 14.0 Å². The summed E-state index contributed by atoms with van der Waals surface area (Å²) in [6.07, 6.45) is 0.921. The molecule has 3 heterocycles. The molecular weight excluding hydrogens is 312 g/mol. The van der Waals surface area contributed by atoms with E-state index in [4.69, 9.17) is 4.42 Å². The van der Waals surface area contributed by atoms with Crippen molar-refractivity contribution in [3.63, 3.8) is 0 Å². The minimum absolute atomic E-state index is 0.0187. The fourth-order valence-corrected chi connectivity index (χ4v) is 3.95. The molecule has 2 unspecified atom stereocenters. The molecule has 2 atom stereocenters. The zero-order valence-corrected chi connectivity index (χ0v) is 14.1. The molecule has 0 aliphatic carbocycles. The Hall–Kier alpha value is -2.08. The van der Waals surface area contributed by atoms with Crippen LogP contribution < -0.4 is 5.32 Å². The Balaban J connectivity index is 1.62. The van der Waals surface area contributed by atoms with E-state index in [1.165, 1.54) is 0 Å². The Morgan fingerprint density at radius 2 is 2.26 bits per heavy atom. The SMILES string of the molecule is Cc1ccc(CCNC(=O)C2CC(=O)N(C)C2c2cccs2)o1. The average Bonchev–Trinajstić information content (AvgIpc) is 3.22. The van der Waals surface area contributed by atoms with Crippen molar-refractivity contribution in [2.75, 3.05) is 13.6 Å². The highest BCUT2D eigenvalue weighted by Crippen LogP contribution is 2.38. The van der Waals surface area contributed by atoms with Gasteiger partial charge in [-0.3, -0.25) is 9.59 Å². The van der Waals surface area contributed by atoms with Crippen LogP contribution in [0.1, 0.15) is 28.9 Å². The standard InChI is InChI=1S/C17H20N2O3S/c1-11-5-6-12(22-11)7-8-18-17(21)13-10-15(20)19(2)16(13)14-4-3-9-23-14/h3-6,9,13,16H,7-8,10H2,1-2H3,(H,18,21). The highest BCUT2D eigenvalue weighted by molar-refractivity contribution is 7.10. The molecule has 0 aromatic carbocycles. The van der Waals surface area contributed by atoms with Crippen LogP contribution in [-0.4, -0.2) is 30.3 Å². The summed E-state index contributed by atoms with van der Waals surface area (Å²) in [5.74, 6) is 1.35. The highest BCUT2D eigenvalue weighted by Gasteiger charge is 2.42. The lowest BCUT2D eigenvalue weighted by molar-refractivity contribution is -0.128. The Bertz CT molecular complexity index is 693. The summed E-state index contributed by atoms with van der Waals surface area (Å²) < 4.78 is 5.49. The predicted molar refractivity (Wildman–Crippen MR) is 88.1 cm³/mol. The van der Waals surface area contributed by atoms with Gasteiger partial charge in [0.15, 0.2) is 0 Å². The first-order valence-electron chi connectivity index (χ1n) is 7.68. The molecule has 122 valence electrons. The molecule has 3 rings (SSSR count). The number of aryl methyl sites for hydroxylation is 1.